The largest absolute Gasteiger partial charge is 0.456 e. The Morgan fingerprint density at radius 3 is 2.43 bits per heavy atom. The average Bonchev–Trinajstić information content (AvgIpc) is 3.87. The Morgan fingerprint density at radius 2 is 1.51 bits per heavy atom. The van der Waals surface area contributed by atoms with E-state index < -0.39 is 0 Å². The van der Waals surface area contributed by atoms with Crippen molar-refractivity contribution in [3.05, 3.63) is 173 Å². The molecule has 3 heterocycles. The summed E-state index contributed by atoms with van der Waals surface area (Å²) in [5.74, 6) is 1.62. The van der Waals surface area contributed by atoms with Crippen molar-refractivity contribution in [3.63, 3.8) is 0 Å². The Labute approximate surface area is 295 Å². The average molecular weight is 655 g/mol. The zero-order valence-electron chi connectivity index (χ0n) is 28.6. The van der Waals surface area contributed by atoms with Gasteiger partial charge in [-0.25, -0.2) is 4.98 Å². The fourth-order valence-corrected chi connectivity index (χ4v) is 10.1. The molecule has 2 atom stereocenters. The second kappa shape index (κ2) is 9.64. The van der Waals surface area contributed by atoms with Gasteiger partial charge in [-0.3, -0.25) is 4.57 Å². The van der Waals surface area contributed by atoms with Crippen LogP contribution < -0.4 is 0 Å². The quantitative estimate of drug-likeness (QED) is 0.186. The first-order chi connectivity index (χ1) is 25.0. The topological polar surface area (TPSA) is 31.0 Å². The van der Waals surface area contributed by atoms with E-state index in [1.54, 1.807) is 5.57 Å². The zero-order chi connectivity index (χ0) is 33.6. The van der Waals surface area contributed by atoms with Crippen LogP contribution in [0.2, 0.25) is 0 Å². The van der Waals surface area contributed by atoms with Crippen LogP contribution in [-0.4, -0.2) is 9.55 Å². The first-order valence-corrected chi connectivity index (χ1v) is 18.3. The number of aromatic nitrogens is 2. The summed E-state index contributed by atoms with van der Waals surface area (Å²) in [7, 11) is 0. The molecule has 0 bridgehead atoms. The Bertz CT molecular complexity index is 2950. The van der Waals surface area contributed by atoms with Gasteiger partial charge in [-0.15, -0.1) is 0 Å². The molecule has 0 aliphatic heterocycles. The third-order valence-electron chi connectivity index (χ3n) is 12.5. The highest BCUT2D eigenvalue weighted by atomic mass is 16.3. The van der Waals surface area contributed by atoms with E-state index in [1.807, 2.05) is 6.07 Å². The van der Waals surface area contributed by atoms with Gasteiger partial charge >= 0.3 is 0 Å². The van der Waals surface area contributed by atoms with Crippen molar-refractivity contribution in [2.24, 2.45) is 11.8 Å². The Kier molecular flexibility index (Phi) is 5.27. The first-order valence-electron chi connectivity index (χ1n) is 18.3. The molecule has 0 saturated heterocycles. The van der Waals surface area contributed by atoms with Gasteiger partial charge in [0, 0.05) is 38.8 Å². The van der Waals surface area contributed by atoms with Gasteiger partial charge < -0.3 is 4.42 Å². The SMILES string of the molecule is CC1(C)c2cc3oc4ccccc4c3cc2-c2cc3c4ccccc4n(-c4cccc(C5=CC=C6C7=C(CCC=C7)C7=CC=CC5C67)n4)c3cc21. The summed E-state index contributed by atoms with van der Waals surface area (Å²) in [6.45, 7) is 4.71. The van der Waals surface area contributed by atoms with Gasteiger partial charge in [0.1, 0.15) is 17.0 Å². The molecule has 0 fully saturated rings. The van der Waals surface area contributed by atoms with Gasteiger partial charge in [-0.1, -0.05) is 98.8 Å². The van der Waals surface area contributed by atoms with Crippen LogP contribution >= 0.6 is 0 Å². The second-order valence-electron chi connectivity index (χ2n) is 15.4. The van der Waals surface area contributed by atoms with Crippen molar-refractivity contribution in [1.82, 2.24) is 9.55 Å². The van der Waals surface area contributed by atoms with Gasteiger partial charge in [-0.05, 0) is 111 Å². The zero-order valence-corrected chi connectivity index (χ0v) is 28.6. The van der Waals surface area contributed by atoms with Crippen molar-refractivity contribution >= 4 is 49.3 Å². The molecule has 3 aromatic heterocycles. The molecule has 0 amide bonds. The second-order valence-corrected chi connectivity index (χ2v) is 15.4. The van der Waals surface area contributed by atoms with E-state index in [9.17, 15) is 0 Å². The number of pyridine rings is 1. The van der Waals surface area contributed by atoms with E-state index in [0.717, 1.165) is 35.5 Å². The molecule has 3 heteroatoms. The number of hydrogen-bond donors (Lipinski definition) is 0. The van der Waals surface area contributed by atoms with Crippen molar-refractivity contribution in [2.45, 2.75) is 32.1 Å². The maximum Gasteiger partial charge on any atom is 0.138 e. The molecule has 5 aliphatic carbocycles. The van der Waals surface area contributed by atoms with Crippen molar-refractivity contribution in [1.29, 1.82) is 0 Å². The van der Waals surface area contributed by atoms with Crippen LogP contribution in [0.25, 0.3) is 66.3 Å². The molecule has 7 aromatic rings. The third kappa shape index (κ3) is 3.56. The molecule has 2 unspecified atom stereocenters. The molecule has 12 rings (SSSR count). The van der Waals surface area contributed by atoms with E-state index in [1.165, 1.54) is 77.1 Å². The summed E-state index contributed by atoms with van der Waals surface area (Å²) >= 11 is 0. The monoisotopic (exact) mass is 654 g/mol. The fourth-order valence-electron chi connectivity index (χ4n) is 10.1. The Balaban J connectivity index is 1.04. The number of furan rings is 1. The summed E-state index contributed by atoms with van der Waals surface area (Å²) in [5.41, 5.74) is 17.7. The van der Waals surface area contributed by atoms with Gasteiger partial charge in [0.15, 0.2) is 0 Å². The summed E-state index contributed by atoms with van der Waals surface area (Å²) in [6.07, 6.45) is 18.7. The van der Waals surface area contributed by atoms with Crippen molar-refractivity contribution < 1.29 is 4.42 Å². The molecule has 0 radical (unpaired) electrons. The minimum absolute atomic E-state index is 0.193. The summed E-state index contributed by atoms with van der Waals surface area (Å²) < 4.78 is 8.76. The highest BCUT2D eigenvalue weighted by Crippen LogP contribution is 2.56. The van der Waals surface area contributed by atoms with Crippen LogP contribution in [0.5, 0.6) is 0 Å². The smallest absolute Gasteiger partial charge is 0.138 e. The van der Waals surface area contributed by atoms with E-state index in [-0.39, 0.29) is 11.3 Å². The molecule has 0 saturated carbocycles. The lowest BCUT2D eigenvalue weighted by atomic mass is 9.72. The van der Waals surface area contributed by atoms with Gasteiger partial charge in [0.25, 0.3) is 0 Å². The molecule has 3 nitrogen and oxygen atoms in total. The van der Waals surface area contributed by atoms with Gasteiger partial charge in [0.05, 0.1) is 16.7 Å². The lowest BCUT2D eigenvalue weighted by Gasteiger charge is -2.32. The van der Waals surface area contributed by atoms with Crippen LogP contribution in [-0.2, 0) is 5.41 Å². The molecule has 0 N–H and O–H groups in total. The number of fused-ring (bicyclic) bond motifs is 11. The molecule has 5 aliphatic rings. The molecular formula is C48H34N2O. The minimum Gasteiger partial charge on any atom is -0.456 e. The maximum atomic E-state index is 6.37. The van der Waals surface area contributed by atoms with Crippen LogP contribution in [0.15, 0.2) is 160 Å². The minimum atomic E-state index is -0.193. The van der Waals surface area contributed by atoms with Crippen molar-refractivity contribution in [2.75, 3.05) is 0 Å². The molecule has 0 spiro atoms. The number of allylic oxidation sites excluding steroid dienone is 12. The molecule has 4 aromatic carbocycles. The number of nitrogens with zero attached hydrogens (tertiary/aromatic N) is 2. The number of para-hydroxylation sites is 2. The Hall–Kier alpha value is -5.93. The number of benzene rings is 4. The number of rotatable bonds is 2. The van der Waals surface area contributed by atoms with E-state index >= 15 is 0 Å². The molecule has 242 valence electrons. The molecular weight excluding hydrogens is 621 g/mol. The van der Waals surface area contributed by atoms with E-state index in [4.69, 9.17) is 9.40 Å². The standard InChI is InChI=1S/C48H34N2O/c1-48(2)39-25-43-37(23-35(39)36-24-38-31-14-6-8-19-44(31)51-45(38)26-40(36)48)30-13-5-7-18-42(30)50(43)46-20-10-17-41(49-46)29-21-22-34-28-12-4-3-11-27(28)32-15-9-16-33(29)47(32)34/h4-10,12-26,33,47H,3,11H2,1-2H3. The summed E-state index contributed by atoms with van der Waals surface area (Å²) in [5, 5.41) is 4.84. The third-order valence-corrected chi connectivity index (χ3v) is 12.5. The predicted molar refractivity (Wildman–Crippen MR) is 209 cm³/mol. The summed E-state index contributed by atoms with van der Waals surface area (Å²) in [6, 6.07) is 33.3. The predicted octanol–water partition coefficient (Wildman–Crippen LogP) is 12.1. The van der Waals surface area contributed by atoms with Crippen LogP contribution in [0.1, 0.15) is 43.5 Å². The summed E-state index contributed by atoms with van der Waals surface area (Å²) in [4.78, 5) is 5.49. The van der Waals surface area contributed by atoms with Gasteiger partial charge in [0.2, 0.25) is 0 Å². The van der Waals surface area contributed by atoms with Crippen molar-refractivity contribution in [3.8, 4) is 16.9 Å². The first kappa shape index (κ1) is 27.8. The lowest BCUT2D eigenvalue weighted by molar-refractivity contribution is 0.632. The lowest BCUT2D eigenvalue weighted by Crippen LogP contribution is -2.21. The fraction of sp³-hybridized carbons (Fsp3) is 0.146. The van der Waals surface area contributed by atoms with E-state index in [2.05, 4.69) is 146 Å². The van der Waals surface area contributed by atoms with Crippen LogP contribution in [0, 0.1) is 11.8 Å². The Morgan fingerprint density at radius 1 is 0.706 bits per heavy atom. The van der Waals surface area contributed by atoms with Crippen LogP contribution in [0.3, 0.4) is 0 Å². The highest BCUT2D eigenvalue weighted by molar-refractivity contribution is 6.13. The normalized spacial score (nSPS) is 20.9. The maximum absolute atomic E-state index is 6.37. The van der Waals surface area contributed by atoms with Crippen LogP contribution in [0.4, 0.5) is 0 Å². The van der Waals surface area contributed by atoms with Gasteiger partial charge in [-0.2, -0.15) is 0 Å². The molecule has 51 heavy (non-hydrogen) atoms. The number of hydrogen-bond acceptors (Lipinski definition) is 2. The highest BCUT2D eigenvalue weighted by Gasteiger charge is 2.42. The van der Waals surface area contributed by atoms with E-state index in [0.29, 0.717) is 5.92 Å².